The second-order valence-corrected chi connectivity index (χ2v) is 5.73. The topological polar surface area (TPSA) is 43.8 Å². The lowest BCUT2D eigenvalue weighted by Crippen LogP contribution is -2.34. The van der Waals surface area contributed by atoms with E-state index in [1.165, 1.54) is 0 Å². The van der Waals surface area contributed by atoms with Gasteiger partial charge in [-0.3, -0.25) is 4.68 Å². The first-order valence-corrected chi connectivity index (χ1v) is 7.29. The highest BCUT2D eigenvalue weighted by molar-refractivity contribution is 6.31. The predicted octanol–water partition coefficient (Wildman–Crippen LogP) is 3.28. The molecule has 2 unspecified atom stereocenters. The highest BCUT2D eigenvalue weighted by Gasteiger charge is 2.21. The zero-order valence-corrected chi connectivity index (χ0v) is 13.0. The summed E-state index contributed by atoms with van der Waals surface area (Å²) in [5.41, 5.74) is 8.37. The molecule has 0 aliphatic heterocycles. The SMILES string of the molecule is CCc1nn(CC)c(CC(N)C(C)C(C)C)c1Cl. The molecule has 0 saturated heterocycles. The Balaban J connectivity index is 2.92. The molecular formula is C14H26ClN3. The van der Waals surface area contributed by atoms with Gasteiger partial charge in [0.15, 0.2) is 0 Å². The van der Waals surface area contributed by atoms with Gasteiger partial charge in [0.25, 0.3) is 0 Å². The maximum atomic E-state index is 6.40. The predicted molar refractivity (Wildman–Crippen MR) is 78.0 cm³/mol. The zero-order chi connectivity index (χ0) is 13.9. The van der Waals surface area contributed by atoms with Gasteiger partial charge in [-0.05, 0) is 25.2 Å². The molecule has 1 rings (SSSR count). The Labute approximate surface area is 116 Å². The maximum absolute atomic E-state index is 6.40. The highest BCUT2D eigenvalue weighted by atomic mass is 35.5. The van der Waals surface area contributed by atoms with Crippen LogP contribution in [-0.4, -0.2) is 15.8 Å². The molecule has 3 nitrogen and oxygen atoms in total. The summed E-state index contributed by atoms with van der Waals surface area (Å²) in [6.07, 6.45) is 1.67. The minimum absolute atomic E-state index is 0.134. The Morgan fingerprint density at radius 1 is 1.28 bits per heavy atom. The molecule has 4 heteroatoms. The number of nitrogens with zero attached hydrogens (tertiary/aromatic N) is 2. The normalized spacial score (nSPS) is 15.1. The molecule has 0 radical (unpaired) electrons. The molecule has 0 saturated carbocycles. The number of rotatable bonds is 6. The Kier molecular flexibility index (Phi) is 5.67. The van der Waals surface area contributed by atoms with Crippen LogP contribution in [0.25, 0.3) is 0 Å². The van der Waals surface area contributed by atoms with Crippen LogP contribution in [0.3, 0.4) is 0 Å². The fourth-order valence-corrected chi connectivity index (χ4v) is 2.46. The first-order chi connectivity index (χ1) is 8.42. The first kappa shape index (κ1) is 15.5. The van der Waals surface area contributed by atoms with Crippen molar-refractivity contribution in [2.45, 2.75) is 60.0 Å². The van der Waals surface area contributed by atoms with Crippen LogP contribution in [0, 0.1) is 11.8 Å². The third-order valence-corrected chi connectivity index (χ3v) is 4.29. The lowest BCUT2D eigenvalue weighted by atomic mass is 9.88. The summed E-state index contributed by atoms with van der Waals surface area (Å²) >= 11 is 6.40. The Morgan fingerprint density at radius 3 is 2.33 bits per heavy atom. The molecule has 1 aromatic rings. The van der Waals surface area contributed by atoms with Gasteiger partial charge in [0.05, 0.1) is 16.4 Å². The van der Waals surface area contributed by atoms with Crippen LogP contribution in [0.15, 0.2) is 0 Å². The summed E-state index contributed by atoms with van der Waals surface area (Å²) in [5.74, 6) is 1.06. The van der Waals surface area contributed by atoms with E-state index in [0.29, 0.717) is 11.8 Å². The van der Waals surface area contributed by atoms with E-state index in [1.807, 2.05) is 4.68 Å². The monoisotopic (exact) mass is 271 g/mol. The molecule has 18 heavy (non-hydrogen) atoms. The van der Waals surface area contributed by atoms with Gasteiger partial charge in [0, 0.05) is 19.0 Å². The largest absolute Gasteiger partial charge is 0.327 e. The van der Waals surface area contributed by atoms with Gasteiger partial charge in [0.2, 0.25) is 0 Å². The average Bonchev–Trinajstić information content (AvgIpc) is 2.65. The van der Waals surface area contributed by atoms with Crippen molar-refractivity contribution >= 4 is 11.6 Å². The molecule has 104 valence electrons. The van der Waals surface area contributed by atoms with Crippen molar-refractivity contribution in [2.24, 2.45) is 17.6 Å². The minimum Gasteiger partial charge on any atom is -0.327 e. The van der Waals surface area contributed by atoms with Gasteiger partial charge in [-0.2, -0.15) is 5.10 Å². The average molecular weight is 272 g/mol. The molecule has 0 aliphatic rings. The highest BCUT2D eigenvalue weighted by Crippen LogP contribution is 2.25. The fourth-order valence-electron chi connectivity index (χ4n) is 2.12. The molecule has 0 aliphatic carbocycles. The Bertz CT molecular complexity index is 385. The summed E-state index contributed by atoms with van der Waals surface area (Å²) in [4.78, 5) is 0. The van der Waals surface area contributed by atoms with Crippen LogP contribution in [0.4, 0.5) is 0 Å². The van der Waals surface area contributed by atoms with E-state index in [0.717, 1.165) is 35.8 Å². The van der Waals surface area contributed by atoms with Crippen molar-refractivity contribution in [3.05, 3.63) is 16.4 Å². The van der Waals surface area contributed by atoms with Crippen LogP contribution < -0.4 is 5.73 Å². The second kappa shape index (κ2) is 6.58. The molecule has 1 aromatic heterocycles. The van der Waals surface area contributed by atoms with Gasteiger partial charge >= 0.3 is 0 Å². The van der Waals surface area contributed by atoms with Crippen molar-refractivity contribution < 1.29 is 0 Å². The number of aryl methyl sites for hydroxylation is 2. The van der Waals surface area contributed by atoms with Gasteiger partial charge in [0.1, 0.15) is 0 Å². The Morgan fingerprint density at radius 2 is 1.89 bits per heavy atom. The third-order valence-electron chi connectivity index (χ3n) is 3.85. The van der Waals surface area contributed by atoms with Crippen LogP contribution in [-0.2, 0) is 19.4 Å². The number of aromatic nitrogens is 2. The van der Waals surface area contributed by atoms with E-state index in [4.69, 9.17) is 17.3 Å². The van der Waals surface area contributed by atoms with E-state index in [1.54, 1.807) is 0 Å². The maximum Gasteiger partial charge on any atom is 0.0850 e. The lowest BCUT2D eigenvalue weighted by Gasteiger charge is -2.23. The smallest absolute Gasteiger partial charge is 0.0850 e. The quantitative estimate of drug-likeness (QED) is 0.863. The molecule has 0 aromatic carbocycles. The molecule has 2 N–H and O–H groups in total. The van der Waals surface area contributed by atoms with Gasteiger partial charge in [-0.15, -0.1) is 0 Å². The van der Waals surface area contributed by atoms with Crippen LogP contribution in [0.5, 0.6) is 0 Å². The first-order valence-electron chi connectivity index (χ1n) is 6.91. The van der Waals surface area contributed by atoms with E-state index >= 15 is 0 Å². The van der Waals surface area contributed by atoms with Crippen molar-refractivity contribution in [1.82, 2.24) is 9.78 Å². The van der Waals surface area contributed by atoms with Crippen molar-refractivity contribution in [3.8, 4) is 0 Å². The van der Waals surface area contributed by atoms with E-state index < -0.39 is 0 Å². The molecule has 0 spiro atoms. The van der Waals surface area contributed by atoms with Crippen LogP contribution in [0.1, 0.15) is 46.0 Å². The number of hydrogen-bond acceptors (Lipinski definition) is 2. The summed E-state index contributed by atoms with van der Waals surface area (Å²) in [6, 6.07) is 0.134. The van der Waals surface area contributed by atoms with E-state index in [-0.39, 0.29) is 6.04 Å². The zero-order valence-electron chi connectivity index (χ0n) is 12.2. The van der Waals surface area contributed by atoms with E-state index in [2.05, 4.69) is 39.7 Å². The minimum atomic E-state index is 0.134. The van der Waals surface area contributed by atoms with Crippen molar-refractivity contribution in [3.63, 3.8) is 0 Å². The third kappa shape index (κ3) is 3.27. The van der Waals surface area contributed by atoms with Crippen molar-refractivity contribution in [1.29, 1.82) is 0 Å². The van der Waals surface area contributed by atoms with Gasteiger partial charge in [-0.1, -0.05) is 39.3 Å². The molecular weight excluding hydrogens is 246 g/mol. The lowest BCUT2D eigenvalue weighted by molar-refractivity contribution is 0.339. The molecule has 0 fully saturated rings. The number of hydrogen-bond donors (Lipinski definition) is 1. The Hall–Kier alpha value is -0.540. The van der Waals surface area contributed by atoms with Gasteiger partial charge in [-0.25, -0.2) is 0 Å². The molecule has 0 bridgehead atoms. The second-order valence-electron chi connectivity index (χ2n) is 5.35. The summed E-state index contributed by atoms with van der Waals surface area (Å²) < 4.78 is 1.99. The standard InChI is InChI=1S/C14H26ClN3/c1-6-12-14(15)13(18(7-2)17-12)8-11(16)10(5)9(3)4/h9-11H,6-8,16H2,1-5H3. The van der Waals surface area contributed by atoms with Crippen LogP contribution in [0.2, 0.25) is 5.02 Å². The summed E-state index contributed by atoms with van der Waals surface area (Å²) in [5, 5.41) is 5.34. The fraction of sp³-hybridized carbons (Fsp3) is 0.786. The van der Waals surface area contributed by atoms with Gasteiger partial charge < -0.3 is 5.73 Å². The molecule has 0 amide bonds. The van der Waals surface area contributed by atoms with Crippen LogP contribution >= 0.6 is 11.6 Å². The molecule has 1 heterocycles. The molecule has 2 atom stereocenters. The van der Waals surface area contributed by atoms with E-state index in [9.17, 15) is 0 Å². The summed E-state index contributed by atoms with van der Waals surface area (Å²) in [7, 11) is 0. The van der Waals surface area contributed by atoms with Crippen molar-refractivity contribution in [2.75, 3.05) is 0 Å². The summed E-state index contributed by atoms with van der Waals surface area (Å²) in [6.45, 7) is 11.6. The number of halogens is 1. The number of nitrogens with two attached hydrogens (primary N) is 1.